The van der Waals surface area contributed by atoms with Crippen LogP contribution >= 0.6 is 11.3 Å². The number of nitrogens with zero attached hydrogens (tertiary/aromatic N) is 2. The maximum absolute atomic E-state index is 13.8. The van der Waals surface area contributed by atoms with Crippen molar-refractivity contribution in [2.24, 2.45) is 0 Å². The number of nitrogen functional groups attached to an aromatic ring is 1. The van der Waals surface area contributed by atoms with Crippen LogP contribution in [-0.2, 0) is 6.54 Å². The number of carbonyl (C=O) groups excluding carboxylic acids is 1. The van der Waals surface area contributed by atoms with E-state index in [9.17, 15) is 19.3 Å². The van der Waals surface area contributed by atoms with Gasteiger partial charge in [-0.3, -0.25) is 14.9 Å². The molecule has 2 aromatic rings. The summed E-state index contributed by atoms with van der Waals surface area (Å²) in [7, 11) is 1.49. The van der Waals surface area contributed by atoms with E-state index in [1.54, 1.807) is 0 Å². The normalized spacial score (nSPS) is 10.4. The van der Waals surface area contributed by atoms with Crippen LogP contribution in [0.2, 0.25) is 0 Å². The zero-order valence-electron chi connectivity index (χ0n) is 11.1. The summed E-state index contributed by atoms with van der Waals surface area (Å²) in [5.74, 6) is -1.57. The third kappa shape index (κ3) is 3.00. The van der Waals surface area contributed by atoms with Crippen LogP contribution in [0.3, 0.4) is 0 Å². The Bertz CT molecular complexity index is 688. The highest BCUT2D eigenvalue weighted by Crippen LogP contribution is 2.28. The number of hydrogen-bond donors (Lipinski definition) is 1. The Morgan fingerprint density at radius 1 is 1.48 bits per heavy atom. The van der Waals surface area contributed by atoms with Gasteiger partial charge in [0.1, 0.15) is 17.1 Å². The molecule has 0 bridgehead atoms. The van der Waals surface area contributed by atoms with Crippen molar-refractivity contribution in [2.75, 3.05) is 12.8 Å². The number of thiophene rings is 1. The van der Waals surface area contributed by atoms with Gasteiger partial charge in [0.15, 0.2) is 0 Å². The van der Waals surface area contributed by atoms with E-state index in [4.69, 9.17) is 5.73 Å². The molecule has 0 radical (unpaired) electrons. The minimum Gasteiger partial charge on any atom is -0.392 e. The van der Waals surface area contributed by atoms with Crippen molar-refractivity contribution in [3.05, 3.63) is 56.0 Å². The number of nitrogens with two attached hydrogens (primary N) is 1. The number of benzene rings is 1. The van der Waals surface area contributed by atoms with Crippen molar-refractivity contribution in [3.63, 3.8) is 0 Å². The summed E-state index contributed by atoms with van der Waals surface area (Å²) in [6.07, 6.45) is 0. The van der Waals surface area contributed by atoms with Crippen LogP contribution in [0.5, 0.6) is 0 Å². The number of nitro groups is 1. The number of rotatable bonds is 4. The minimum atomic E-state index is -0.874. The third-order valence-corrected chi connectivity index (χ3v) is 3.76. The van der Waals surface area contributed by atoms with E-state index in [0.29, 0.717) is 0 Å². The summed E-state index contributed by atoms with van der Waals surface area (Å²) in [5, 5.41) is 12.7. The monoisotopic (exact) mass is 309 g/mol. The van der Waals surface area contributed by atoms with E-state index >= 15 is 0 Å². The highest BCUT2D eigenvalue weighted by Gasteiger charge is 2.26. The molecule has 1 heterocycles. The molecule has 1 amide bonds. The molecule has 0 spiro atoms. The van der Waals surface area contributed by atoms with Crippen molar-refractivity contribution in [2.45, 2.75) is 6.54 Å². The molecule has 0 aliphatic rings. The zero-order valence-corrected chi connectivity index (χ0v) is 11.9. The maximum atomic E-state index is 13.8. The highest BCUT2D eigenvalue weighted by atomic mass is 32.1. The third-order valence-electron chi connectivity index (χ3n) is 2.90. The molecule has 0 aliphatic heterocycles. The number of anilines is 1. The molecule has 21 heavy (non-hydrogen) atoms. The molecule has 0 unspecified atom stereocenters. The van der Waals surface area contributed by atoms with E-state index in [-0.39, 0.29) is 6.54 Å². The van der Waals surface area contributed by atoms with Gasteiger partial charge in [-0.1, -0.05) is 6.07 Å². The quantitative estimate of drug-likeness (QED) is 0.534. The van der Waals surface area contributed by atoms with Crippen LogP contribution in [0.25, 0.3) is 0 Å². The van der Waals surface area contributed by atoms with Gasteiger partial charge in [0, 0.05) is 18.0 Å². The van der Waals surface area contributed by atoms with E-state index in [0.717, 1.165) is 17.0 Å². The van der Waals surface area contributed by atoms with Crippen molar-refractivity contribution in [1.29, 1.82) is 0 Å². The van der Waals surface area contributed by atoms with Gasteiger partial charge in [0.25, 0.3) is 11.6 Å². The Morgan fingerprint density at radius 3 is 2.76 bits per heavy atom. The van der Waals surface area contributed by atoms with E-state index in [1.165, 1.54) is 23.3 Å². The number of amides is 1. The molecule has 1 aromatic carbocycles. The number of halogens is 1. The molecule has 110 valence electrons. The lowest BCUT2D eigenvalue weighted by Gasteiger charge is -2.17. The maximum Gasteiger partial charge on any atom is 0.293 e. The summed E-state index contributed by atoms with van der Waals surface area (Å²) in [6.45, 7) is 0.276. The molecule has 0 fully saturated rings. The zero-order chi connectivity index (χ0) is 15.6. The molecule has 8 heteroatoms. The van der Waals surface area contributed by atoms with Gasteiger partial charge >= 0.3 is 0 Å². The summed E-state index contributed by atoms with van der Waals surface area (Å²) in [4.78, 5) is 24.5. The Morgan fingerprint density at radius 2 is 2.19 bits per heavy atom. The van der Waals surface area contributed by atoms with Crippen LogP contribution in [0.1, 0.15) is 15.2 Å². The molecule has 2 rings (SSSR count). The second-order valence-electron chi connectivity index (χ2n) is 4.35. The lowest BCUT2D eigenvalue weighted by atomic mass is 10.1. The Kier molecular flexibility index (Phi) is 4.18. The first-order valence-corrected chi connectivity index (χ1v) is 6.80. The Hall–Kier alpha value is -2.48. The van der Waals surface area contributed by atoms with Gasteiger partial charge in [0.2, 0.25) is 0 Å². The first kappa shape index (κ1) is 14.9. The summed E-state index contributed by atoms with van der Waals surface area (Å²) in [6, 6.07) is 5.49. The average Bonchev–Trinajstić information content (AvgIpc) is 2.90. The molecule has 0 aliphatic carbocycles. The second-order valence-corrected chi connectivity index (χ2v) is 5.39. The largest absolute Gasteiger partial charge is 0.392 e. The van der Waals surface area contributed by atoms with Crippen molar-refractivity contribution in [3.8, 4) is 0 Å². The SMILES string of the molecule is CN(Cc1cccs1)C(=O)c1c(F)ccc([N+](=O)[O-])c1N. The fraction of sp³-hybridized carbons (Fsp3) is 0.154. The molecule has 0 saturated carbocycles. The van der Waals surface area contributed by atoms with Gasteiger partial charge in [-0.05, 0) is 17.5 Å². The first-order valence-electron chi connectivity index (χ1n) is 5.92. The summed E-state index contributed by atoms with van der Waals surface area (Å²) in [5.41, 5.74) is 4.16. The van der Waals surface area contributed by atoms with Crippen molar-refractivity contribution in [1.82, 2.24) is 4.90 Å². The van der Waals surface area contributed by atoms with Crippen LogP contribution < -0.4 is 5.73 Å². The molecule has 0 atom stereocenters. The fourth-order valence-corrected chi connectivity index (χ4v) is 2.61. The van der Waals surface area contributed by atoms with Crippen molar-refractivity contribution >= 4 is 28.6 Å². The highest BCUT2D eigenvalue weighted by molar-refractivity contribution is 7.09. The number of nitro benzene ring substituents is 1. The van der Waals surface area contributed by atoms with Crippen LogP contribution in [0.15, 0.2) is 29.6 Å². The van der Waals surface area contributed by atoms with Gasteiger partial charge in [-0.2, -0.15) is 0 Å². The van der Waals surface area contributed by atoms with Gasteiger partial charge in [-0.25, -0.2) is 4.39 Å². The topological polar surface area (TPSA) is 89.5 Å². The van der Waals surface area contributed by atoms with E-state index < -0.39 is 33.6 Å². The van der Waals surface area contributed by atoms with Crippen LogP contribution in [-0.4, -0.2) is 22.8 Å². The Balaban J connectivity index is 2.34. The van der Waals surface area contributed by atoms with Crippen molar-refractivity contribution < 1.29 is 14.1 Å². The second kappa shape index (κ2) is 5.88. The lowest BCUT2D eigenvalue weighted by molar-refractivity contribution is -0.384. The average molecular weight is 309 g/mol. The summed E-state index contributed by atoms with van der Waals surface area (Å²) < 4.78 is 13.8. The van der Waals surface area contributed by atoms with Gasteiger partial charge in [0.05, 0.1) is 11.5 Å². The Labute approximate surface area is 123 Å². The minimum absolute atomic E-state index is 0.276. The lowest BCUT2D eigenvalue weighted by Crippen LogP contribution is -2.27. The molecule has 2 N–H and O–H groups in total. The predicted molar refractivity (Wildman–Crippen MR) is 77.6 cm³/mol. The number of carbonyl (C=O) groups is 1. The van der Waals surface area contributed by atoms with Gasteiger partial charge in [-0.15, -0.1) is 11.3 Å². The van der Waals surface area contributed by atoms with Crippen LogP contribution in [0.4, 0.5) is 15.8 Å². The molecular weight excluding hydrogens is 297 g/mol. The van der Waals surface area contributed by atoms with Gasteiger partial charge < -0.3 is 10.6 Å². The van der Waals surface area contributed by atoms with E-state index in [1.807, 2.05) is 17.5 Å². The van der Waals surface area contributed by atoms with E-state index in [2.05, 4.69) is 0 Å². The first-order chi connectivity index (χ1) is 9.91. The smallest absolute Gasteiger partial charge is 0.293 e. The predicted octanol–water partition coefficient (Wildman–Crippen LogP) is 2.65. The summed E-state index contributed by atoms with van der Waals surface area (Å²) >= 11 is 1.45. The van der Waals surface area contributed by atoms with Crippen LogP contribution in [0, 0.1) is 15.9 Å². The standard InChI is InChI=1S/C13H12FN3O3S/c1-16(7-8-3-2-6-21-8)13(18)11-9(14)4-5-10(12(11)15)17(19)20/h2-6H,7,15H2,1H3. The molecule has 0 saturated heterocycles. The molecule has 6 nitrogen and oxygen atoms in total. The number of hydrogen-bond acceptors (Lipinski definition) is 5. The molecule has 1 aromatic heterocycles. The molecular formula is C13H12FN3O3S. The fourth-order valence-electron chi connectivity index (χ4n) is 1.86.